The average molecular weight is 913 g/mol. The molecule has 1 radical (unpaired) electrons. The number of ketones is 1. The molecule has 5 aromatic rings. The van der Waals surface area contributed by atoms with Gasteiger partial charge in [-0.2, -0.15) is 0 Å². The number of hydrogen-bond donors (Lipinski definition) is 1. The molecule has 4 aromatic carbocycles. The summed E-state index contributed by atoms with van der Waals surface area (Å²) in [6.45, 7) is 19.5. The molecule has 0 bridgehead atoms. The molecule has 7 heteroatoms. The third kappa shape index (κ3) is 9.44. The normalized spacial score (nSPS) is 12.9. The number of fused-ring (bicyclic) bond motifs is 2. The van der Waals surface area contributed by atoms with Crippen molar-refractivity contribution >= 4 is 40.4 Å². The second-order valence-electron chi connectivity index (χ2n) is 15.9. The summed E-state index contributed by atoms with van der Waals surface area (Å²) in [6.07, 6.45) is 6.83. The average Bonchev–Trinajstić information content (AvgIpc) is 3.40. The molecular formula is C48H59BIrN3O2-. The zero-order chi connectivity index (χ0) is 39.3. The molecule has 1 aliphatic heterocycles. The van der Waals surface area contributed by atoms with E-state index < -0.39 is 0 Å². The Kier molecular flexibility index (Phi) is 14.8. The van der Waals surface area contributed by atoms with Crippen molar-refractivity contribution in [1.82, 2.24) is 4.98 Å². The van der Waals surface area contributed by atoms with E-state index in [4.69, 9.17) is 4.98 Å². The van der Waals surface area contributed by atoms with Crippen LogP contribution in [0.2, 0.25) is 0 Å². The molecule has 2 heterocycles. The summed E-state index contributed by atoms with van der Waals surface area (Å²) in [4.78, 5) is 21.3. The first-order chi connectivity index (χ1) is 25.7. The molecule has 0 atom stereocenters. The Bertz CT molecular complexity index is 2110. The number of aryl methyl sites for hydroxylation is 2. The van der Waals surface area contributed by atoms with E-state index in [0.29, 0.717) is 0 Å². The summed E-state index contributed by atoms with van der Waals surface area (Å²) in [5.41, 5.74) is 12.2. The molecule has 1 N–H and O–H groups in total. The van der Waals surface area contributed by atoms with Crippen LogP contribution in [0.5, 0.6) is 0 Å². The molecule has 6 rings (SSSR count). The molecule has 5 nitrogen and oxygen atoms in total. The quantitative estimate of drug-likeness (QED) is 0.0655. The summed E-state index contributed by atoms with van der Waals surface area (Å²) in [7, 11) is 4.41. The van der Waals surface area contributed by atoms with Gasteiger partial charge in [-0.05, 0) is 93.8 Å². The Morgan fingerprint density at radius 1 is 0.800 bits per heavy atom. The van der Waals surface area contributed by atoms with Crippen LogP contribution in [0.25, 0.3) is 33.2 Å². The Morgan fingerprint density at radius 2 is 1.40 bits per heavy atom. The standard InChI is InChI=1S/C35H35BN3.C13H24O2.Ir/c1-23-11-10-12-24(2)34(23)36-38(6)32-16-15-25(22-33(32)39(36)7)26-17-18-37-31(21-26)28-19-27-13-8-9-14-29(27)30(20-28)35(3,4)5;1-5-10(6-2)12(14)9-13(15)11(7-3)8-4;/h8-18,20-22H,1-7H3;9-11,14H,5-8H2,1-4H3;/q-1;;/b;12-9-;. The Hall–Kier alpha value is -4.19. The minimum absolute atomic E-state index is 0. The van der Waals surface area contributed by atoms with Crippen LogP contribution in [-0.4, -0.2) is 37.0 Å². The van der Waals surface area contributed by atoms with Crippen LogP contribution in [0.3, 0.4) is 0 Å². The van der Waals surface area contributed by atoms with E-state index in [9.17, 15) is 9.90 Å². The zero-order valence-electron chi connectivity index (χ0n) is 34.8. The summed E-state index contributed by atoms with van der Waals surface area (Å²) < 4.78 is 0. The Labute approximate surface area is 344 Å². The van der Waals surface area contributed by atoms with Crippen LogP contribution in [0.4, 0.5) is 11.4 Å². The minimum atomic E-state index is 0. The van der Waals surface area contributed by atoms with Crippen LogP contribution in [0, 0.1) is 31.7 Å². The SMILES string of the molecule is CCC(CC)C(=O)/C=C(\O)C(CC)CC.Cc1cccc(C)c1B1N(C)c2ccc(-c3ccnc(-c4[c-]c5ccccc5c(C(C)(C)C)c4)c3)cc2N1C.[Ir]. The number of aliphatic hydroxyl groups excluding tert-OH is 1. The molecular weight excluding hydrogens is 854 g/mol. The van der Waals surface area contributed by atoms with E-state index in [1.165, 1.54) is 50.6 Å². The van der Waals surface area contributed by atoms with Gasteiger partial charge in [0.2, 0.25) is 0 Å². The molecule has 0 saturated heterocycles. The van der Waals surface area contributed by atoms with Gasteiger partial charge in [0.05, 0.1) is 5.76 Å². The molecule has 0 unspecified atom stereocenters. The molecule has 0 aliphatic carbocycles. The summed E-state index contributed by atoms with van der Waals surface area (Å²) >= 11 is 0. The second-order valence-corrected chi connectivity index (χ2v) is 15.9. The topological polar surface area (TPSA) is 56.7 Å². The number of benzene rings is 4. The summed E-state index contributed by atoms with van der Waals surface area (Å²) in [6, 6.07) is 32.2. The van der Waals surface area contributed by atoms with Crippen molar-refractivity contribution < 1.29 is 30.0 Å². The summed E-state index contributed by atoms with van der Waals surface area (Å²) in [5, 5.41) is 12.1. The molecule has 0 fully saturated rings. The van der Waals surface area contributed by atoms with Gasteiger partial charge in [-0.1, -0.05) is 119 Å². The van der Waals surface area contributed by atoms with Crippen molar-refractivity contribution in [1.29, 1.82) is 0 Å². The van der Waals surface area contributed by atoms with E-state index in [1.807, 2.05) is 33.9 Å². The number of hydrogen-bond acceptors (Lipinski definition) is 5. The predicted octanol–water partition coefficient (Wildman–Crippen LogP) is 11.4. The van der Waals surface area contributed by atoms with E-state index >= 15 is 0 Å². The fourth-order valence-electron chi connectivity index (χ4n) is 7.95. The fraction of sp³-hybridized carbons (Fsp3) is 0.375. The maximum absolute atomic E-state index is 11.7. The van der Waals surface area contributed by atoms with Crippen molar-refractivity contribution in [2.75, 3.05) is 23.7 Å². The first-order valence-electron chi connectivity index (χ1n) is 19.8. The van der Waals surface area contributed by atoms with Crippen LogP contribution in [0.1, 0.15) is 90.8 Å². The second kappa shape index (κ2) is 18.6. The molecule has 1 aliphatic rings. The van der Waals surface area contributed by atoms with E-state index in [2.05, 4.69) is 143 Å². The minimum Gasteiger partial charge on any atom is -0.512 e. The van der Waals surface area contributed by atoms with Gasteiger partial charge in [0.25, 0.3) is 0 Å². The number of nitrogens with zero attached hydrogens (tertiary/aromatic N) is 3. The van der Waals surface area contributed by atoms with E-state index in [-0.39, 0.29) is 55.9 Å². The molecule has 0 amide bonds. The van der Waals surface area contributed by atoms with Crippen LogP contribution in [0.15, 0.2) is 96.9 Å². The molecule has 0 saturated carbocycles. The van der Waals surface area contributed by atoms with Gasteiger partial charge in [-0.3, -0.25) is 9.78 Å². The molecule has 1 aromatic heterocycles. The van der Waals surface area contributed by atoms with Crippen LogP contribution >= 0.6 is 0 Å². The van der Waals surface area contributed by atoms with Gasteiger partial charge in [0.15, 0.2) is 5.78 Å². The Balaban J connectivity index is 0.000000360. The van der Waals surface area contributed by atoms with Gasteiger partial charge in [-0.15, -0.1) is 29.1 Å². The van der Waals surface area contributed by atoms with Gasteiger partial charge in [0.1, 0.15) is 0 Å². The van der Waals surface area contributed by atoms with Crippen molar-refractivity contribution in [3.8, 4) is 22.4 Å². The molecule has 0 spiro atoms. The monoisotopic (exact) mass is 913 g/mol. The molecule has 55 heavy (non-hydrogen) atoms. The van der Waals surface area contributed by atoms with Crippen molar-refractivity contribution in [3.05, 3.63) is 120 Å². The van der Waals surface area contributed by atoms with E-state index in [1.54, 1.807) is 0 Å². The number of pyridine rings is 1. The number of rotatable bonds is 10. The maximum atomic E-state index is 11.7. The van der Waals surface area contributed by atoms with Crippen molar-refractivity contribution in [2.45, 2.75) is 93.4 Å². The Morgan fingerprint density at radius 3 is 2.02 bits per heavy atom. The maximum Gasteiger partial charge on any atom is 0.411 e. The largest absolute Gasteiger partial charge is 0.512 e. The third-order valence-corrected chi connectivity index (χ3v) is 11.3. The number of aliphatic hydroxyl groups is 1. The van der Waals surface area contributed by atoms with Crippen LogP contribution in [-0.2, 0) is 30.3 Å². The number of carbonyl (C=O) groups is 1. The summed E-state index contributed by atoms with van der Waals surface area (Å²) in [5.74, 6) is 0.547. The van der Waals surface area contributed by atoms with Crippen LogP contribution < -0.4 is 15.1 Å². The van der Waals surface area contributed by atoms with Gasteiger partial charge in [-0.25, -0.2) is 0 Å². The number of anilines is 2. The molecule has 291 valence electrons. The number of carbonyl (C=O) groups excluding carboxylic acids is 1. The number of aromatic nitrogens is 1. The van der Waals surface area contributed by atoms with Gasteiger partial charge >= 0.3 is 6.98 Å². The third-order valence-electron chi connectivity index (χ3n) is 11.3. The fourth-order valence-corrected chi connectivity index (χ4v) is 7.95. The smallest absolute Gasteiger partial charge is 0.411 e. The van der Waals surface area contributed by atoms with Gasteiger partial charge in [0, 0.05) is 61.3 Å². The van der Waals surface area contributed by atoms with Gasteiger partial charge < -0.3 is 14.7 Å². The predicted molar refractivity (Wildman–Crippen MR) is 232 cm³/mol. The van der Waals surface area contributed by atoms with E-state index in [0.717, 1.165) is 47.9 Å². The zero-order valence-corrected chi connectivity index (χ0v) is 37.1. The van der Waals surface area contributed by atoms with Crippen molar-refractivity contribution in [3.63, 3.8) is 0 Å². The first-order valence-corrected chi connectivity index (χ1v) is 19.8. The first kappa shape index (κ1) is 43.5. The number of allylic oxidation sites excluding steroid dienone is 2. The van der Waals surface area contributed by atoms with Crippen molar-refractivity contribution in [2.24, 2.45) is 11.8 Å².